The molecule has 0 aliphatic carbocycles. The summed E-state index contributed by atoms with van der Waals surface area (Å²) >= 11 is 3.37. The Balaban J connectivity index is 2.71. The predicted octanol–water partition coefficient (Wildman–Crippen LogP) is 3.54. The molecule has 3 nitrogen and oxygen atoms in total. The summed E-state index contributed by atoms with van der Waals surface area (Å²) in [5.74, 6) is -0.700. The molecule has 0 aliphatic rings. The van der Waals surface area contributed by atoms with Crippen LogP contribution in [0.15, 0.2) is 16.6 Å². The Morgan fingerprint density at radius 1 is 1.35 bits per heavy atom. The minimum atomic E-state index is -4.41. The Labute approximate surface area is 124 Å². The molecule has 112 valence electrons. The smallest absolute Gasteiger partial charge is 0.373 e. The lowest BCUT2D eigenvalue weighted by Gasteiger charge is -2.19. The summed E-state index contributed by atoms with van der Waals surface area (Å²) in [7, 11) is 0. The van der Waals surface area contributed by atoms with E-state index in [-0.39, 0.29) is 0 Å². The molecule has 1 amide bonds. The molecule has 1 atom stereocenters. The van der Waals surface area contributed by atoms with E-state index in [4.69, 9.17) is 0 Å². The zero-order valence-corrected chi connectivity index (χ0v) is 12.9. The Kier molecular flexibility index (Phi) is 5.44. The SMILES string of the molecule is Cc1cc(C)c(NC(C)C(=O)NCC(F)(F)F)c(Br)c1. The molecular formula is C13H16BrF3N2O. The molecule has 2 N–H and O–H groups in total. The van der Waals surface area contributed by atoms with Gasteiger partial charge in [-0.2, -0.15) is 13.2 Å². The number of carbonyl (C=O) groups is 1. The molecule has 0 heterocycles. The standard InChI is InChI=1S/C13H16BrF3N2O/c1-7-4-8(2)11(10(14)5-7)19-9(3)12(20)18-6-13(15,16)17/h4-5,9,19H,6H2,1-3H3,(H,18,20). The van der Waals surface area contributed by atoms with Gasteiger partial charge in [0.2, 0.25) is 5.91 Å². The van der Waals surface area contributed by atoms with Crippen LogP contribution in [0, 0.1) is 13.8 Å². The van der Waals surface area contributed by atoms with Crippen LogP contribution < -0.4 is 10.6 Å². The summed E-state index contributed by atoms with van der Waals surface area (Å²) in [5, 5.41) is 4.77. The number of alkyl halides is 3. The average Bonchev–Trinajstić information content (AvgIpc) is 2.29. The number of aryl methyl sites for hydroxylation is 2. The van der Waals surface area contributed by atoms with Crippen LogP contribution in [0.3, 0.4) is 0 Å². The van der Waals surface area contributed by atoms with Gasteiger partial charge in [0.05, 0.1) is 5.69 Å². The van der Waals surface area contributed by atoms with Crippen molar-refractivity contribution in [2.24, 2.45) is 0 Å². The van der Waals surface area contributed by atoms with E-state index >= 15 is 0 Å². The number of halogens is 4. The second-order valence-electron chi connectivity index (χ2n) is 4.64. The fraction of sp³-hybridized carbons (Fsp3) is 0.462. The minimum Gasteiger partial charge on any atom is -0.373 e. The molecule has 0 radical (unpaired) electrons. The number of benzene rings is 1. The number of hydrogen-bond acceptors (Lipinski definition) is 2. The molecule has 0 aliphatic heterocycles. The van der Waals surface area contributed by atoms with Crippen LogP contribution in [0.5, 0.6) is 0 Å². The van der Waals surface area contributed by atoms with Crippen molar-refractivity contribution in [3.05, 3.63) is 27.7 Å². The Hall–Kier alpha value is -1.24. The van der Waals surface area contributed by atoms with E-state index in [1.165, 1.54) is 6.92 Å². The van der Waals surface area contributed by atoms with Crippen LogP contribution in [-0.4, -0.2) is 24.7 Å². The zero-order chi connectivity index (χ0) is 15.5. The maximum Gasteiger partial charge on any atom is 0.405 e. The summed E-state index contributed by atoms with van der Waals surface area (Å²) in [6, 6.07) is 3.03. The highest BCUT2D eigenvalue weighted by Gasteiger charge is 2.28. The van der Waals surface area contributed by atoms with Crippen LogP contribution in [0.25, 0.3) is 0 Å². The van der Waals surface area contributed by atoms with Crippen LogP contribution in [0.1, 0.15) is 18.1 Å². The van der Waals surface area contributed by atoms with E-state index in [2.05, 4.69) is 21.2 Å². The predicted molar refractivity (Wildman–Crippen MR) is 75.8 cm³/mol. The normalized spacial score (nSPS) is 12.9. The van der Waals surface area contributed by atoms with Crippen molar-refractivity contribution in [3.8, 4) is 0 Å². The molecule has 1 unspecified atom stereocenters. The Morgan fingerprint density at radius 3 is 2.45 bits per heavy atom. The monoisotopic (exact) mass is 352 g/mol. The minimum absolute atomic E-state index is 0.699. The van der Waals surface area contributed by atoms with E-state index in [0.29, 0.717) is 5.69 Å². The van der Waals surface area contributed by atoms with E-state index < -0.39 is 24.7 Å². The third-order valence-corrected chi connectivity index (χ3v) is 3.27. The lowest BCUT2D eigenvalue weighted by Crippen LogP contribution is -2.42. The number of anilines is 1. The van der Waals surface area contributed by atoms with Crippen molar-refractivity contribution >= 4 is 27.5 Å². The second kappa shape index (κ2) is 6.47. The first-order valence-electron chi connectivity index (χ1n) is 5.98. The van der Waals surface area contributed by atoms with Gasteiger partial charge in [-0.1, -0.05) is 6.07 Å². The van der Waals surface area contributed by atoms with Gasteiger partial charge in [-0.15, -0.1) is 0 Å². The number of amides is 1. The van der Waals surface area contributed by atoms with E-state index in [1.54, 1.807) is 0 Å². The van der Waals surface area contributed by atoms with E-state index in [9.17, 15) is 18.0 Å². The first-order valence-corrected chi connectivity index (χ1v) is 6.77. The van der Waals surface area contributed by atoms with Gasteiger partial charge in [-0.25, -0.2) is 0 Å². The average molecular weight is 353 g/mol. The zero-order valence-electron chi connectivity index (χ0n) is 11.4. The highest BCUT2D eigenvalue weighted by molar-refractivity contribution is 9.10. The maximum absolute atomic E-state index is 12.0. The van der Waals surface area contributed by atoms with Gasteiger partial charge in [-0.05, 0) is 53.9 Å². The summed E-state index contributed by atoms with van der Waals surface area (Å²) < 4.78 is 36.9. The molecule has 7 heteroatoms. The Morgan fingerprint density at radius 2 is 1.95 bits per heavy atom. The summed E-state index contributed by atoms with van der Waals surface area (Å²) in [5.41, 5.74) is 2.66. The van der Waals surface area contributed by atoms with Crippen molar-refractivity contribution in [1.82, 2.24) is 5.32 Å². The highest BCUT2D eigenvalue weighted by Crippen LogP contribution is 2.28. The molecule has 1 aromatic carbocycles. The molecule has 20 heavy (non-hydrogen) atoms. The number of rotatable bonds is 4. The van der Waals surface area contributed by atoms with Crippen molar-refractivity contribution in [1.29, 1.82) is 0 Å². The lowest BCUT2D eigenvalue weighted by molar-refractivity contribution is -0.138. The number of nitrogens with one attached hydrogen (secondary N) is 2. The number of carbonyl (C=O) groups excluding carboxylic acids is 1. The number of hydrogen-bond donors (Lipinski definition) is 2. The largest absolute Gasteiger partial charge is 0.405 e. The highest BCUT2D eigenvalue weighted by atomic mass is 79.9. The molecular weight excluding hydrogens is 337 g/mol. The van der Waals surface area contributed by atoms with Gasteiger partial charge in [0, 0.05) is 4.47 Å². The third-order valence-electron chi connectivity index (χ3n) is 2.65. The van der Waals surface area contributed by atoms with E-state index in [1.807, 2.05) is 31.3 Å². The van der Waals surface area contributed by atoms with Crippen molar-refractivity contribution < 1.29 is 18.0 Å². The van der Waals surface area contributed by atoms with Gasteiger partial charge < -0.3 is 10.6 Å². The van der Waals surface area contributed by atoms with Gasteiger partial charge in [0.25, 0.3) is 0 Å². The quantitative estimate of drug-likeness (QED) is 0.869. The van der Waals surface area contributed by atoms with Crippen molar-refractivity contribution in [2.45, 2.75) is 33.0 Å². The van der Waals surface area contributed by atoms with Gasteiger partial charge in [-0.3, -0.25) is 4.79 Å². The molecule has 1 aromatic rings. The van der Waals surface area contributed by atoms with Crippen LogP contribution >= 0.6 is 15.9 Å². The fourth-order valence-electron chi connectivity index (χ4n) is 1.72. The van der Waals surface area contributed by atoms with Gasteiger partial charge in [0.15, 0.2) is 0 Å². The molecule has 0 saturated heterocycles. The van der Waals surface area contributed by atoms with Gasteiger partial charge in [0.1, 0.15) is 12.6 Å². The molecule has 1 rings (SSSR count). The summed E-state index contributed by atoms with van der Waals surface area (Å²) in [6.45, 7) is 3.98. The van der Waals surface area contributed by atoms with E-state index in [0.717, 1.165) is 15.6 Å². The van der Waals surface area contributed by atoms with Crippen LogP contribution in [0.2, 0.25) is 0 Å². The molecule has 0 spiro atoms. The first-order chi connectivity index (χ1) is 9.10. The third kappa shape index (κ3) is 5.03. The topological polar surface area (TPSA) is 41.1 Å². The molecule has 0 bridgehead atoms. The van der Waals surface area contributed by atoms with Crippen molar-refractivity contribution in [2.75, 3.05) is 11.9 Å². The summed E-state index contributed by atoms with van der Waals surface area (Å²) in [4.78, 5) is 11.6. The summed E-state index contributed by atoms with van der Waals surface area (Å²) in [6.07, 6.45) is -4.41. The van der Waals surface area contributed by atoms with Gasteiger partial charge >= 0.3 is 6.18 Å². The lowest BCUT2D eigenvalue weighted by atomic mass is 10.1. The molecule has 0 aromatic heterocycles. The molecule has 0 saturated carbocycles. The van der Waals surface area contributed by atoms with Crippen LogP contribution in [-0.2, 0) is 4.79 Å². The maximum atomic E-state index is 12.0. The first kappa shape index (κ1) is 16.8. The van der Waals surface area contributed by atoms with Crippen molar-refractivity contribution in [3.63, 3.8) is 0 Å². The molecule has 0 fully saturated rings. The second-order valence-corrected chi connectivity index (χ2v) is 5.49. The van der Waals surface area contributed by atoms with Crippen LogP contribution in [0.4, 0.5) is 18.9 Å². The Bertz CT molecular complexity index is 480. The fourth-order valence-corrected chi connectivity index (χ4v) is 2.51.